The Balaban J connectivity index is 3.11. The van der Waals surface area contributed by atoms with Gasteiger partial charge in [0.05, 0.1) is 4.51 Å². The molecule has 0 aliphatic carbocycles. The molecule has 4 heteroatoms. The lowest BCUT2D eigenvalue weighted by atomic mass is 10.2. The van der Waals surface area contributed by atoms with Crippen LogP contribution in [0.4, 0.5) is 0 Å². The van der Waals surface area contributed by atoms with Crippen molar-refractivity contribution in [3.63, 3.8) is 0 Å². The third kappa shape index (κ3) is 1.09. The van der Waals surface area contributed by atoms with Gasteiger partial charge in [0.25, 0.3) is 0 Å². The highest BCUT2D eigenvalue weighted by Crippen LogP contribution is 2.13. The molecule has 1 heterocycles. The zero-order valence-electron chi connectivity index (χ0n) is 6.03. The second kappa shape index (κ2) is 2.80. The van der Waals surface area contributed by atoms with Crippen LogP contribution in [0.2, 0.25) is 0 Å². The van der Waals surface area contributed by atoms with Gasteiger partial charge in [0.15, 0.2) is 10.2 Å². The van der Waals surface area contributed by atoms with Gasteiger partial charge in [-0.15, -0.1) is 0 Å². The summed E-state index contributed by atoms with van der Waals surface area (Å²) in [7, 11) is 0. The van der Waals surface area contributed by atoms with Gasteiger partial charge < -0.3 is 4.52 Å². The number of hydrogen-bond acceptors (Lipinski definition) is 3. The van der Waals surface area contributed by atoms with Crippen molar-refractivity contribution in [1.82, 2.24) is 5.16 Å². The molecule has 0 radical (unpaired) electrons. The van der Waals surface area contributed by atoms with Crippen LogP contribution >= 0.6 is 24.4 Å². The van der Waals surface area contributed by atoms with E-state index in [-0.39, 0.29) is 0 Å². The van der Waals surface area contributed by atoms with Gasteiger partial charge >= 0.3 is 0 Å². The molecule has 0 spiro atoms. The molecule has 0 aliphatic rings. The molecule has 0 fully saturated rings. The maximum atomic E-state index is 5.13. The number of para-hydroxylation sites is 1. The van der Waals surface area contributed by atoms with Crippen LogP contribution in [0.3, 0.4) is 0 Å². The smallest absolute Gasteiger partial charge is 0.163 e. The third-order valence-electron chi connectivity index (χ3n) is 1.59. The highest BCUT2D eigenvalue weighted by atomic mass is 32.1. The first-order valence-electron chi connectivity index (χ1n) is 3.39. The first kappa shape index (κ1) is 7.64. The average Bonchev–Trinajstić information content (AvgIpc) is 2.12. The van der Waals surface area contributed by atoms with Gasteiger partial charge in [0.1, 0.15) is 0 Å². The lowest BCUT2D eigenvalue weighted by molar-refractivity contribution is 0.437. The van der Waals surface area contributed by atoms with E-state index < -0.39 is 0 Å². The molecule has 0 amide bonds. The standard InChI is InChI=1S/C8H5NOS2/c11-7-5-3-1-2-4-6(5)10-9-8(7)12/h1-4H,(H,9,12). The molecule has 0 saturated carbocycles. The van der Waals surface area contributed by atoms with Crippen LogP contribution in [0.1, 0.15) is 0 Å². The fourth-order valence-corrected chi connectivity index (χ4v) is 1.38. The Bertz CT molecular complexity index is 526. The Morgan fingerprint density at radius 1 is 1.17 bits per heavy atom. The Morgan fingerprint density at radius 2 is 1.92 bits per heavy atom. The molecular formula is C8H5NOS2. The van der Waals surface area contributed by atoms with Crippen LogP contribution in [-0.2, 0) is 0 Å². The van der Waals surface area contributed by atoms with Crippen molar-refractivity contribution in [3.8, 4) is 0 Å². The average molecular weight is 195 g/mol. The summed E-state index contributed by atoms with van der Waals surface area (Å²) < 4.78 is 6.25. The third-order valence-corrected chi connectivity index (χ3v) is 2.43. The molecule has 1 N–H and O–H groups in total. The molecule has 0 saturated heterocycles. The molecule has 2 nitrogen and oxygen atoms in total. The van der Waals surface area contributed by atoms with Crippen molar-refractivity contribution < 1.29 is 4.52 Å². The highest BCUT2D eigenvalue weighted by molar-refractivity contribution is 7.74. The van der Waals surface area contributed by atoms with E-state index >= 15 is 0 Å². The van der Waals surface area contributed by atoms with Crippen molar-refractivity contribution in [2.45, 2.75) is 0 Å². The van der Waals surface area contributed by atoms with E-state index in [1.54, 1.807) is 0 Å². The first-order chi connectivity index (χ1) is 5.79. The van der Waals surface area contributed by atoms with E-state index in [0.29, 0.717) is 9.15 Å². The van der Waals surface area contributed by atoms with Gasteiger partial charge in [-0.05, 0) is 12.1 Å². The van der Waals surface area contributed by atoms with E-state index in [4.69, 9.17) is 29.0 Å². The number of benzene rings is 1. The first-order valence-corrected chi connectivity index (χ1v) is 4.21. The number of H-pyrrole nitrogens is 1. The Kier molecular flexibility index (Phi) is 1.78. The van der Waals surface area contributed by atoms with Crippen LogP contribution < -0.4 is 0 Å². The summed E-state index contributed by atoms with van der Waals surface area (Å²) in [5, 5.41) is 3.46. The minimum absolute atomic E-state index is 0.476. The number of rotatable bonds is 0. The number of hydrogen-bond donors (Lipinski definition) is 1. The zero-order chi connectivity index (χ0) is 8.55. The van der Waals surface area contributed by atoms with Gasteiger partial charge in [0, 0.05) is 5.39 Å². The molecule has 2 aromatic rings. The minimum atomic E-state index is 0.476. The molecule has 1 aromatic heterocycles. The normalized spacial score (nSPS) is 10.3. The monoisotopic (exact) mass is 195 g/mol. The second-order valence-corrected chi connectivity index (χ2v) is 3.18. The van der Waals surface area contributed by atoms with Crippen LogP contribution in [0, 0.1) is 9.15 Å². The van der Waals surface area contributed by atoms with E-state index in [9.17, 15) is 0 Å². The van der Waals surface area contributed by atoms with Crippen LogP contribution in [0.25, 0.3) is 11.0 Å². The van der Waals surface area contributed by atoms with Gasteiger partial charge in [-0.25, -0.2) is 5.16 Å². The van der Waals surface area contributed by atoms with Gasteiger partial charge in [-0.2, -0.15) is 0 Å². The summed E-state index contributed by atoms with van der Waals surface area (Å²) >= 11 is 10.0. The topological polar surface area (TPSA) is 28.9 Å². The highest BCUT2D eigenvalue weighted by Gasteiger charge is 1.96. The van der Waals surface area contributed by atoms with Gasteiger partial charge in [-0.3, -0.25) is 0 Å². The Morgan fingerprint density at radius 3 is 2.75 bits per heavy atom. The van der Waals surface area contributed by atoms with Crippen molar-refractivity contribution in [2.75, 3.05) is 0 Å². The van der Waals surface area contributed by atoms with Crippen molar-refractivity contribution in [1.29, 1.82) is 0 Å². The van der Waals surface area contributed by atoms with Crippen molar-refractivity contribution in [3.05, 3.63) is 33.4 Å². The van der Waals surface area contributed by atoms with Crippen molar-refractivity contribution in [2.24, 2.45) is 0 Å². The van der Waals surface area contributed by atoms with Crippen LogP contribution in [0.15, 0.2) is 28.8 Å². The maximum absolute atomic E-state index is 5.13. The molecule has 0 aliphatic heterocycles. The Hall–Kier alpha value is -1.00. The molecule has 12 heavy (non-hydrogen) atoms. The number of aromatic nitrogens is 1. The summed E-state index contributed by atoms with van der Waals surface area (Å²) in [6.07, 6.45) is 0. The fourth-order valence-electron chi connectivity index (χ4n) is 1.01. The lowest BCUT2D eigenvalue weighted by Crippen LogP contribution is -1.78. The second-order valence-electron chi connectivity index (χ2n) is 2.36. The molecular weight excluding hydrogens is 190 g/mol. The summed E-state index contributed by atoms with van der Waals surface area (Å²) in [5.41, 5.74) is 0.733. The van der Waals surface area contributed by atoms with E-state index in [2.05, 4.69) is 5.16 Å². The summed E-state index contributed by atoms with van der Waals surface area (Å²) in [4.78, 5) is 0. The number of aromatic amines is 1. The fraction of sp³-hybridized carbons (Fsp3) is 0. The van der Waals surface area contributed by atoms with Crippen LogP contribution in [0.5, 0.6) is 0 Å². The lowest BCUT2D eigenvalue weighted by Gasteiger charge is -1.94. The van der Waals surface area contributed by atoms with Crippen LogP contribution in [-0.4, -0.2) is 5.16 Å². The van der Waals surface area contributed by atoms with E-state index in [0.717, 1.165) is 11.0 Å². The van der Waals surface area contributed by atoms with Crippen molar-refractivity contribution >= 4 is 35.4 Å². The van der Waals surface area contributed by atoms with Gasteiger partial charge in [-0.1, -0.05) is 36.6 Å². The van der Waals surface area contributed by atoms with Gasteiger partial charge in [0.2, 0.25) is 0 Å². The molecule has 0 unspecified atom stereocenters. The minimum Gasteiger partial charge on any atom is -0.381 e. The van der Waals surface area contributed by atoms with E-state index in [1.807, 2.05) is 24.3 Å². The number of fused-ring (bicyclic) bond motifs is 1. The van der Waals surface area contributed by atoms with E-state index in [1.165, 1.54) is 0 Å². The predicted octanol–water partition coefficient (Wildman–Crippen LogP) is 3.22. The molecule has 0 atom stereocenters. The molecule has 0 bridgehead atoms. The Labute approximate surface area is 78.8 Å². The number of nitrogens with one attached hydrogen (secondary N) is 1. The predicted molar refractivity (Wildman–Crippen MR) is 52.2 cm³/mol. The molecule has 2 rings (SSSR count). The molecule has 1 aromatic carbocycles. The SMILES string of the molecule is S=c1[nH]oc2ccccc2c1=S. The maximum Gasteiger partial charge on any atom is 0.163 e. The quantitative estimate of drug-likeness (QED) is 0.654. The summed E-state index contributed by atoms with van der Waals surface area (Å²) in [6, 6.07) is 7.53. The summed E-state index contributed by atoms with van der Waals surface area (Å²) in [5.74, 6) is 0. The largest absolute Gasteiger partial charge is 0.381 e. The summed E-state index contributed by atoms with van der Waals surface area (Å²) in [6.45, 7) is 0. The zero-order valence-corrected chi connectivity index (χ0v) is 7.67. The molecule has 60 valence electrons.